The number of allylic oxidation sites excluding steroid dienone is 3. The van der Waals surface area contributed by atoms with Crippen molar-refractivity contribution >= 4 is 52.3 Å². The number of nitrogens with zero attached hydrogens (tertiary/aromatic N) is 1. The number of dihydropyridines is 1. The summed E-state index contributed by atoms with van der Waals surface area (Å²) in [5.41, 5.74) is 2.75. The second kappa shape index (κ2) is 12.0. The fourth-order valence-corrected chi connectivity index (χ4v) is 5.99. The smallest absolute Gasteiger partial charge is 0.234 e. The van der Waals surface area contributed by atoms with Crippen molar-refractivity contribution in [3.63, 3.8) is 0 Å². The number of anilines is 1. The van der Waals surface area contributed by atoms with Gasteiger partial charge in [0.2, 0.25) is 11.7 Å². The molecular weight excluding hydrogens is 549 g/mol. The van der Waals surface area contributed by atoms with Crippen LogP contribution < -0.4 is 24.8 Å². The van der Waals surface area contributed by atoms with Gasteiger partial charge in [0.15, 0.2) is 17.3 Å². The number of rotatable bonds is 8. The number of Topliss-reactive ketones (excluding diaryl/α,β-unsaturated/α-hetero) is 1. The second-order valence-electron chi connectivity index (χ2n) is 8.54. The van der Waals surface area contributed by atoms with E-state index in [0.29, 0.717) is 74.0 Å². The molecule has 0 unspecified atom stereocenters. The van der Waals surface area contributed by atoms with Crippen molar-refractivity contribution < 1.29 is 23.8 Å². The van der Waals surface area contributed by atoms with E-state index in [4.69, 9.17) is 37.4 Å². The van der Waals surface area contributed by atoms with Gasteiger partial charge in [0.05, 0.1) is 49.7 Å². The van der Waals surface area contributed by atoms with Gasteiger partial charge in [0.25, 0.3) is 0 Å². The summed E-state index contributed by atoms with van der Waals surface area (Å²) in [5, 5.41) is 17.6. The molecule has 2 aliphatic rings. The van der Waals surface area contributed by atoms with Crippen LogP contribution in [-0.2, 0) is 9.59 Å². The first-order valence-electron chi connectivity index (χ1n) is 11.7. The van der Waals surface area contributed by atoms with Crippen LogP contribution in [0.5, 0.6) is 17.2 Å². The van der Waals surface area contributed by atoms with Gasteiger partial charge in [0.1, 0.15) is 0 Å². The van der Waals surface area contributed by atoms with Crippen LogP contribution >= 0.6 is 35.0 Å². The number of hydrogen-bond acceptors (Lipinski definition) is 8. The summed E-state index contributed by atoms with van der Waals surface area (Å²) < 4.78 is 16.5. The zero-order valence-electron chi connectivity index (χ0n) is 20.9. The van der Waals surface area contributed by atoms with Crippen LogP contribution in [0.25, 0.3) is 0 Å². The molecule has 0 bridgehead atoms. The highest BCUT2D eigenvalue weighted by Gasteiger charge is 2.38. The maximum Gasteiger partial charge on any atom is 0.234 e. The Bertz CT molecular complexity index is 1350. The van der Waals surface area contributed by atoms with E-state index in [9.17, 15) is 14.9 Å². The van der Waals surface area contributed by atoms with E-state index < -0.39 is 5.92 Å². The molecule has 11 heteroatoms. The minimum Gasteiger partial charge on any atom is -0.493 e. The maximum absolute atomic E-state index is 13.1. The summed E-state index contributed by atoms with van der Waals surface area (Å²) in [5.74, 6) is 0.264. The lowest BCUT2D eigenvalue weighted by Crippen LogP contribution is -2.31. The fraction of sp³-hybridized carbons (Fsp3) is 0.296. The quantitative estimate of drug-likeness (QED) is 0.406. The number of thioether (sulfide) groups is 1. The highest BCUT2D eigenvalue weighted by molar-refractivity contribution is 8.03. The normalized spacial score (nSPS) is 16.8. The van der Waals surface area contributed by atoms with Crippen molar-refractivity contribution in [2.45, 2.75) is 25.2 Å². The number of nitriles is 1. The largest absolute Gasteiger partial charge is 0.493 e. The van der Waals surface area contributed by atoms with Crippen molar-refractivity contribution in [2.75, 3.05) is 32.4 Å². The molecule has 0 aromatic heterocycles. The predicted octanol–water partition coefficient (Wildman–Crippen LogP) is 5.82. The van der Waals surface area contributed by atoms with Crippen LogP contribution in [0.15, 0.2) is 52.2 Å². The minimum absolute atomic E-state index is 0.0101. The van der Waals surface area contributed by atoms with E-state index >= 15 is 0 Å². The van der Waals surface area contributed by atoms with Crippen molar-refractivity contribution in [2.24, 2.45) is 0 Å². The molecule has 0 fully saturated rings. The Morgan fingerprint density at radius 3 is 2.32 bits per heavy atom. The average Bonchev–Trinajstić information content (AvgIpc) is 2.89. The van der Waals surface area contributed by atoms with Crippen LogP contribution in [0.3, 0.4) is 0 Å². The number of ketones is 1. The molecule has 0 radical (unpaired) electrons. The molecule has 198 valence electrons. The number of benzene rings is 2. The number of amides is 1. The molecule has 1 atom stereocenters. The van der Waals surface area contributed by atoms with Crippen molar-refractivity contribution in [1.82, 2.24) is 5.32 Å². The van der Waals surface area contributed by atoms with E-state index in [2.05, 4.69) is 16.7 Å². The monoisotopic (exact) mass is 573 g/mol. The fourth-order valence-electron chi connectivity index (χ4n) is 4.60. The summed E-state index contributed by atoms with van der Waals surface area (Å²) in [7, 11) is 4.52. The molecule has 0 saturated heterocycles. The number of carbonyl (C=O) groups excluding carboxylic acids is 2. The van der Waals surface area contributed by atoms with E-state index in [1.165, 1.54) is 33.1 Å². The van der Waals surface area contributed by atoms with Gasteiger partial charge < -0.3 is 24.8 Å². The highest BCUT2D eigenvalue weighted by Crippen LogP contribution is 2.48. The van der Waals surface area contributed by atoms with Gasteiger partial charge in [-0.05, 0) is 48.7 Å². The van der Waals surface area contributed by atoms with Gasteiger partial charge >= 0.3 is 0 Å². The van der Waals surface area contributed by atoms with Crippen LogP contribution in [0.4, 0.5) is 5.69 Å². The molecule has 1 amide bonds. The van der Waals surface area contributed by atoms with Gasteiger partial charge in [-0.25, -0.2) is 0 Å². The Morgan fingerprint density at radius 1 is 1.08 bits per heavy atom. The van der Waals surface area contributed by atoms with Gasteiger partial charge in [-0.1, -0.05) is 35.0 Å². The Balaban J connectivity index is 1.70. The molecular formula is C27H25Cl2N3O5S. The molecule has 1 aliphatic carbocycles. The van der Waals surface area contributed by atoms with E-state index in [-0.39, 0.29) is 17.4 Å². The average molecular weight is 574 g/mol. The Labute approximate surface area is 234 Å². The highest BCUT2D eigenvalue weighted by atomic mass is 35.5. The van der Waals surface area contributed by atoms with Crippen LogP contribution in [0.1, 0.15) is 30.7 Å². The summed E-state index contributed by atoms with van der Waals surface area (Å²) in [6.07, 6.45) is 1.74. The number of carbonyl (C=O) groups is 2. The SMILES string of the molecule is COc1cc([C@H]2C(C#N)=C(SCC(=O)Nc3cc(Cl)cc(Cl)c3)NC3=C2C(=O)CCC3)cc(OC)c1OC. The van der Waals surface area contributed by atoms with Crippen molar-refractivity contribution in [3.8, 4) is 23.3 Å². The minimum atomic E-state index is -0.657. The number of hydrogen-bond donors (Lipinski definition) is 2. The standard InChI is InChI=1S/C27H25Cl2N3O5S/c1-35-21-7-14(8-22(36-2)26(21)37-3)24-18(12-30)27(32-19-5-4-6-20(33)25(19)24)38-13-23(34)31-17-10-15(28)9-16(29)11-17/h7-11,24,32H,4-6,13H2,1-3H3,(H,31,34)/t24-/m0/s1. The predicted molar refractivity (Wildman–Crippen MR) is 148 cm³/mol. The lowest BCUT2D eigenvalue weighted by atomic mass is 9.76. The molecule has 38 heavy (non-hydrogen) atoms. The third kappa shape index (κ3) is 5.73. The first-order valence-corrected chi connectivity index (χ1v) is 13.4. The number of ether oxygens (including phenoxy) is 3. The van der Waals surface area contributed by atoms with Crippen LogP contribution in [-0.4, -0.2) is 38.8 Å². The molecule has 8 nitrogen and oxygen atoms in total. The lowest BCUT2D eigenvalue weighted by Gasteiger charge is -2.33. The first kappa shape index (κ1) is 27.7. The molecule has 0 saturated carbocycles. The Kier molecular flexibility index (Phi) is 8.77. The third-order valence-electron chi connectivity index (χ3n) is 6.18. The molecule has 2 aromatic carbocycles. The molecule has 1 heterocycles. The zero-order valence-corrected chi connectivity index (χ0v) is 23.3. The Morgan fingerprint density at radius 2 is 1.74 bits per heavy atom. The van der Waals surface area contributed by atoms with Crippen molar-refractivity contribution in [1.29, 1.82) is 5.26 Å². The lowest BCUT2D eigenvalue weighted by molar-refractivity contribution is -0.116. The summed E-state index contributed by atoms with van der Waals surface area (Å²) >= 11 is 13.2. The third-order valence-corrected chi connectivity index (χ3v) is 7.63. The van der Waals surface area contributed by atoms with E-state index in [0.717, 1.165) is 5.70 Å². The topological polar surface area (TPSA) is 110 Å². The van der Waals surface area contributed by atoms with Gasteiger partial charge in [-0.15, -0.1) is 0 Å². The van der Waals surface area contributed by atoms with Crippen LogP contribution in [0.2, 0.25) is 10.0 Å². The first-order chi connectivity index (χ1) is 18.3. The summed E-state index contributed by atoms with van der Waals surface area (Å²) in [4.78, 5) is 25.9. The zero-order chi connectivity index (χ0) is 27.4. The summed E-state index contributed by atoms with van der Waals surface area (Å²) in [6.45, 7) is 0. The molecule has 0 spiro atoms. The van der Waals surface area contributed by atoms with Crippen molar-refractivity contribution in [3.05, 3.63) is 67.8 Å². The second-order valence-corrected chi connectivity index (χ2v) is 10.4. The Hall–Kier alpha value is -3.32. The number of methoxy groups -OCH3 is 3. The number of nitrogens with one attached hydrogen (secondary N) is 2. The molecule has 2 aromatic rings. The van der Waals surface area contributed by atoms with Gasteiger partial charge in [-0.2, -0.15) is 5.26 Å². The summed E-state index contributed by atoms with van der Waals surface area (Å²) in [6, 6.07) is 10.5. The maximum atomic E-state index is 13.1. The van der Waals surface area contributed by atoms with Crippen LogP contribution in [0, 0.1) is 11.3 Å². The molecule has 4 rings (SSSR count). The van der Waals surface area contributed by atoms with Gasteiger partial charge in [-0.3, -0.25) is 9.59 Å². The van der Waals surface area contributed by atoms with E-state index in [1.54, 1.807) is 30.3 Å². The van der Waals surface area contributed by atoms with E-state index in [1.807, 2.05) is 0 Å². The number of halogens is 2. The van der Waals surface area contributed by atoms with Gasteiger partial charge in [0, 0.05) is 33.4 Å². The molecule has 2 N–H and O–H groups in total. The molecule has 1 aliphatic heterocycles.